The van der Waals surface area contributed by atoms with E-state index in [1.807, 2.05) is 33.2 Å². The van der Waals surface area contributed by atoms with Crippen molar-refractivity contribution in [1.29, 1.82) is 0 Å². The molecule has 0 unspecified atom stereocenters. The zero-order valence-corrected chi connectivity index (χ0v) is 17.6. The minimum Gasteiger partial charge on any atom is -0.354 e. The van der Waals surface area contributed by atoms with E-state index in [-0.39, 0.29) is 5.91 Å². The van der Waals surface area contributed by atoms with Crippen molar-refractivity contribution < 1.29 is 4.79 Å². The topological polar surface area (TPSA) is 74.2 Å². The highest BCUT2D eigenvalue weighted by atomic mass is 16.2. The molecule has 7 heteroatoms. The number of rotatable bonds is 5. The minimum absolute atomic E-state index is 0.111. The number of fused-ring (bicyclic) bond motifs is 1. The third kappa shape index (κ3) is 4.04. The number of hydrogen-bond acceptors (Lipinski definition) is 6. The number of hydrogen-bond donors (Lipinski definition) is 1. The maximum absolute atomic E-state index is 13.0. The van der Waals surface area contributed by atoms with Crippen LogP contribution in [-0.2, 0) is 11.2 Å². The molecule has 7 nitrogen and oxygen atoms in total. The highest BCUT2D eigenvalue weighted by molar-refractivity contribution is 6.00. The summed E-state index contributed by atoms with van der Waals surface area (Å²) in [5.41, 5.74) is 1.51. The molecule has 1 aliphatic carbocycles. The van der Waals surface area contributed by atoms with Crippen molar-refractivity contribution in [2.75, 3.05) is 35.3 Å². The molecule has 0 bridgehead atoms. The molecule has 1 amide bonds. The van der Waals surface area contributed by atoms with Crippen molar-refractivity contribution in [3.8, 4) is 0 Å². The average molecular weight is 395 g/mol. The zero-order valence-electron chi connectivity index (χ0n) is 17.6. The maximum atomic E-state index is 13.0. The molecule has 1 saturated carbocycles. The lowest BCUT2D eigenvalue weighted by atomic mass is 9.91. The van der Waals surface area contributed by atoms with E-state index >= 15 is 0 Å². The molecule has 4 rings (SSSR count). The summed E-state index contributed by atoms with van der Waals surface area (Å²) in [7, 11) is 1.83. The number of aromatic nitrogens is 3. The Labute approximate surface area is 172 Å². The first kappa shape index (κ1) is 19.6. The van der Waals surface area contributed by atoms with E-state index < -0.39 is 5.41 Å². The quantitative estimate of drug-likeness (QED) is 0.839. The Morgan fingerprint density at radius 2 is 2.03 bits per heavy atom. The molecule has 1 aliphatic heterocycles. The largest absolute Gasteiger partial charge is 0.354 e. The number of nitrogens with zero attached hydrogens (tertiary/aromatic N) is 5. The number of pyridine rings is 1. The van der Waals surface area contributed by atoms with Gasteiger partial charge in [0.05, 0.1) is 11.6 Å². The van der Waals surface area contributed by atoms with Crippen molar-refractivity contribution in [3.05, 3.63) is 36.3 Å². The molecule has 1 N–H and O–H groups in total. The molecule has 0 radical (unpaired) electrons. The molecule has 0 spiro atoms. The molecular formula is C22H30N6O. The number of nitrogens with one attached hydrogen (secondary N) is 1. The minimum atomic E-state index is -0.466. The van der Waals surface area contributed by atoms with Gasteiger partial charge in [0.25, 0.3) is 0 Å². The number of carbonyl (C=O) groups excluding carboxylic acids is 1. The second-order valence-corrected chi connectivity index (χ2v) is 8.75. The molecule has 29 heavy (non-hydrogen) atoms. The first-order chi connectivity index (χ1) is 14.0. The van der Waals surface area contributed by atoms with Gasteiger partial charge in [-0.05, 0) is 44.7 Å². The molecule has 1 fully saturated rings. The Morgan fingerprint density at radius 1 is 1.24 bits per heavy atom. The van der Waals surface area contributed by atoms with Crippen LogP contribution in [0.15, 0.2) is 30.7 Å². The Morgan fingerprint density at radius 3 is 2.76 bits per heavy atom. The summed E-state index contributed by atoms with van der Waals surface area (Å²) in [6.45, 7) is 5.47. The van der Waals surface area contributed by atoms with Crippen LogP contribution in [0, 0.1) is 5.41 Å². The van der Waals surface area contributed by atoms with Gasteiger partial charge in [0.15, 0.2) is 5.82 Å². The SMILES string of the molecule is CN1C(=O)C(C)(C)CN(C2CCCC2)c2nc(NCCc3cccnc3)ncc21. The predicted molar refractivity (Wildman–Crippen MR) is 115 cm³/mol. The summed E-state index contributed by atoms with van der Waals surface area (Å²) in [5, 5.41) is 3.34. The van der Waals surface area contributed by atoms with E-state index in [0.29, 0.717) is 18.5 Å². The summed E-state index contributed by atoms with van der Waals surface area (Å²) in [6, 6.07) is 4.45. The van der Waals surface area contributed by atoms with E-state index in [1.165, 1.54) is 18.4 Å². The van der Waals surface area contributed by atoms with Crippen LogP contribution in [0.2, 0.25) is 0 Å². The van der Waals surface area contributed by atoms with Gasteiger partial charge in [-0.15, -0.1) is 0 Å². The number of amides is 1. The molecule has 0 aromatic carbocycles. The number of anilines is 3. The predicted octanol–water partition coefficient (Wildman–Crippen LogP) is 3.28. The van der Waals surface area contributed by atoms with Gasteiger partial charge in [-0.2, -0.15) is 4.98 Å². The molecule has 2 aromatic heterocycles. The monoisotopic (exact) mass is 394 g/mol. The smallest absolute Gasteiger partial charge is 0.234 e. The lowest BCUT2D eigenvalue weighted by molar-refractivity contribution is -0.125. The van der Waals surface area contributed by atoms with E-state index in [2.05, 4.69) is 26.3 Å². The highest BCUT2D eigenvalue weighted by Gasteiger charge is 2.41. The van der Waals surface area contributed by atoms with Crippen LogP contribution in [0.3, 0.4) is 0 Å². The van der Waals surface area contributed by atoms with Gasteiger partial charge in [-0.25, -0.2) is 4.98 Å². The van der Waals surface area contributed by atoms with Gasteiger partial charge in [0, 0.05) is 38.6 Å². The van der Waals surface area contributed by atoms with Crippen LogP contribution in [-0.4, -0.2) is 47.0 Å². The van der Waals surface area contributed by atoms with E-state index in [0.717, 1.165) is 37.3 Å². The van der Waals surface area contributed by atoms with Crippen molar-refractivity contribution in [1.82, 2.24) is 15.0 Å². The van der Waals surface area contributed by atoms with Gasteiger partial charge in [0.1, 0.15) is 5.69 Å². The molecule has 0 saturated heterocycles. The Bertz CT molecular complexity index is 863. The average Bonchev–Trinajstić information content (AvgIpc) is 3.24. The maximum Gasteiger partial charge on any atom is 0.234 e. The van der Waals surface area contributed by atoms with Gasteiger partial charge >= 0.3 is 0 Å². The second kappa shape index (κ2) is 7.97. The van der Waals surface area contributed by atoms with Crippen molar-refractivity contribution in [3.63, 3.8) is 0 Å². The molecular weight excluding hydrogens is 364 g/mol. The zero-order chi connectivity index (χ0) is 20.4. The molecule has 2 aliphatic rings. The summed E-state index contributed by atoms with van der Waals surface area (Å²) in [5.74, 6) is 1.59. The van der Waals surface area contributed by atoms with Gasteiger partial charge in [0.2, 0.25) is 11.9 Å². The first-order valence-corrected chi connectivity index (χ1v) is 10.5. The molecule has 3 heterocycles. The van der Waals surface area contributed by atoms with Crippen LogP contribution in [0.4, 0.5) is 17.5 Å². The summed E-state index contributed by atoms with van der Waals surface area (Å²) < 4.78 is 0. The lowest BCUT2D eigenvalue weighted by Gasteiger charge is -2.34. The normalized spacial score (nSPS) is 19.2. The van der Waals surface area contributed by atoms with E-state index in [4.69, 9.17) is 4.98 Å². The van der Waals surface area contributed by atoms with Gasteiger partial charge in [-0.1, -0.05) is 18.9 Å². The van der Waals surface area contributed by atoms with Gasteiger partial charge in [-0.3, -0.25) is 9.78 Å². The number of carbonyl (C=O) groups is 1. The second-order valence-electron chi connectivity index (χ2n) is 8.75. The Balaban J connectivity index is 1.60. The van der Waals surface area contributed by atoms with Crippen LogP contribution in [0.1, 0.15) is 45.1 Å². The summed E-state index contributed by atoms with van der Waals surface area (Å²) in [4.78, 5) is 30.6. The van der Waals surface area contributed by atoms with Crippen molar-refractivity contribution in [2.45, 2.75) is 52.0 Å². The Kier molecular flexibility index (Phi) is 5.39. The van der Waals surface area contributed by atoms with Crippen LogP contribution >= 0.6 is 0 Å². The van der Waals surface area contributed by atoms with Crippen LogP contribution in [0.5, 0.6) is 0 Å². The standard InChI is InChI=1S/C22H30N6O/c1-22(2)15-28(17-8-4-5-9-17)19-18(27(3)20(22)29)14-25-21(26-19)24-12-10-16-7-6-11-23-13-16/h6-7,11,13-14,17H,4-5,8-10,12,15H2,1-3H3,(H,24,25,26). The fourth-order valence-corrected chi connectivity index (χ4v) is 4.41. The van der Waals surface area contributed by atoms with Crippen LogP contribution < -0.4 is 15.1 Å². The van der Waals surface area contributed by atoms with Crippen molar-refractivity contribution in [2.24, 2.45) is 5.41 Å². The fourth-order valence-electron chi connectivity index (χ4n) is 4.41. The first-order valence-electron chi connectivity index (χ1n) is 10.5. The Hall–Kier alpha value is -2.70. The highest BCUT2D eigenvalue weighted by Crippen LogP contribution is 2.40. The molecule has 0 atom stereocenters. The third-order valence-corrected chi connectivity index (χ3v) is 6.02. The summed E-state index contributed by atoms with van der Waals surface area (Å²) in [6.07, 6.45) is 11.1. The van der Waals surface area contributed by atoms with E-state index in [9.17, 15) is 4.79 Å². The van der Waals surface area contributed by atoms with E-state index in [1.54, 1.807) is 17.3 Å². The summed E-state index contributed by atoms with van der Waals surface area (Å²) >= 11 is 0. The fraction of sp³-hybridized carbons (Fsp3) is 0.545. The van der Waals surface area contributed by atoms with Gasteiger partial charge < -0.3 is 15.1 Å². The van der Waals surface area contributed by atoms with Crippen molar-refractivity contribution >= 4 is 23.4 Å². The van der Waals surface area contributed by atoms with Crippen LogP contribution in [0.25, 0.3) is 0 Å². The third-order valence-electron chi connectivity index (χ3n) is 6.02. The lowest BCUT2D eigenvalue weighted by Crippen LogP contribution is -2.45. The molecule has 154 valence electrons. The molecule has 2 aromatic rings.